The van der Waals surface area contributed by atoms with Crippen LogP contribution < -0.4 is 4.74 Å². The molecule has 0 radical (unpaired) electrons. The van der Waals surface area contributed by atoms with Gasteiger partial charge in [-0.2, -0.15) is 5.26 Å². The van der Waals surface area contributed by atoms with Gasteiger partial charge < -0.3 is 4.74 Å². The van der Waals surface area contributed by atoms with Gasteiger partial charge in [0.05, 0.1) is 0 Å². The fourth-order valence-corrected chi connectivity index (χ4v) is 1.62. The number of nitriles is 1. The summed E-state index contributed by atoms with van der Waals surface area (Å²) in [6, 6.07) is 13.7. The maximum absolute atomic E-state index is 13.4. The van der Waals surface area contributed by atoms with Gasteiger partial charge in [0.15, 0.2) is 0 Å². The highest BCUT2D eigenvalue weighted by Crippen LogP contribution is 2.26. The van der Waals surface area contributed by atoms with Crippen LogP contribution in [0.3, 0.4) is 0 Å². The number of aryl methyl sites for hydroxylation is 1. The summed E-state index contributed by atoms with van der Waals surface area (Å²) < 4.78 is 18.9. The molecule has 0 unspecified atom stereocenters. The second kappa shape index (κ2) is 5.33. The van der Waals surface area contributed by atoms with Gasteiger partial charge >= 0.3 is 0 Å². The summed E-state index contributed by atoms with van der Waals surface area (Å²) in [5.41, 5.74) is 1.12. The van der Waals surface area contributed by atoms with Crippen LogP contribution in [0.5, 0.6) is 11.5 Å². The number of nitrogens with zero attached hydrogens (tertiary/aromatic N) is 1. The second-order valence-corrected chi connectivity index (χ2v) is 3.82. The van der Waals surface area contributed by atoms with Crippen LogP contribution in [-0.4, -0.2) is 0 Å². The van der Waals surface area contributed by atoms with E-state index in [0.717, 1.165) is 6.42 Å². The Labute approximate surface area is 105 Å². The van der Waals surface area contributed by atoms with Crippen molar-refractivity contribution in [3.05, 3.63) is 59.4 Å². The van der Waals surface area contributed by atoms with E-state index in [1.165, 1.54) is 17.7 Å². The predicted molar refractivity (Wildman–Crippen MR) is 67.0 cm³/mol. The van der Waals surface area contributed by atoms with Gasteiger partial charge in [-0.05, 0) is 36.2 Å². The fourth-order valence-electron chi connectivity index (χ4n) is 1.62. The lowest BCUT2D eigenvalue weighted by Crippen LogP contribution is -1.91. The zero-order valence-corrected chi connectivity index (χ0v) is 9.98. The highest BCUT2D eigenvalue weighted by atomic mass is 19.1. The first-order valence-electron chi connectivity index (χ1n) is 5.70. The molecule has 0 aromatic heterocycles. The number of ether oxygens (including phenoxy) is 1. The largest absolute Gasteiger partial charge is 0.456 e. The Balaban J connectivity index is 2.28. The maximum atomic E-state index is 13.4. The standard InChI is InChI=1S/C15H12FNO/c1-2-11-6-8-12(9-7-11)18-15-5-3-4-14(16)13(15)10-17/h3-9H,2H2,1H3. The van der Waals surface area contributed by atoms with Crippen LogP contribution in [0.4, 0.5) is 4.39 Å². The number of hydrogen-bond acceptors (Lipinski definition) is 2. The van der Waals surface area contributed by atoms with Crippen LogP contribution in [0, 0.1) is 17.1 Å². The summed E-state index contributed by atoms with van der Waals surface area (Å²) >= 11 is 0. The molecular formula is C15H12FNO. The SMILES string of the molecule is CCc1ccc(Oc2cccc(F)c2C#N)cc1. The van der Waals surface area contributed by atoms with Crippen LogP contribution in [0.25, 0.3) is 0 Å². The van der Waals surface area contributed by atoms with Gasteiger partial charge in [-0.1, -0.05) is 25.1 Å². The molecule has 0 spiro atoms. The minimum Gasteiger partial charge on any atom is -0.456 e. The molecule has 0 saturated carbocycles. The van der Waals surface area contributed by atoms with Gasteiger partial charge in [-0.15, -0.1) is 0 Å². The number of rotatable bonds is 3. The Bertz CT molecular complexity index is 584. The molecule has 0 aliphatic heterocycles. The van der Waals surface area contributed by atoms with E-state index in [4.69, 9.17) is 10.00 Å². The zero-order chi connectivity index (χ0) is 13.0. The second-order valence-electron chi connectivity index (χ2n) is 3.82. The van der Waals surface area contributed by atoms with E-state index in [9.17, 15) is 4.39 Å². The van der Waals surface area contributed by atoms with Crippen molar-refractivity contribution in [2.45, 2.75) is 13.3 Å². The normalized spacial score (nSPS) is 9.83. The third-order valence-corrected chi connectivity index (χ3v) is 2.65. The molecule has 0 aliphatic carbocycles. The molecule has 0 atom stereocenters. The molecule has 0 N–H and O–H groups in total. The molecule has 0 amide bonds. The monoisotopic (exact) mass is 241 g/mol. The molecule has 0 saturated heterocycles. The molecule has 2 aromatic rings. The Morgan fingerprint density at radius 2 is 1.89 bits per heavy atom. The van der Waals surface area contributed by atoms with E-state index >= 15 is 0 Å². The van der Waals surface area contributed by atoms with Crippen molar-refractivity contribution >= 4 is 0 Å². The third kappa shape index (κ3) is 2.49. The average molecular weight is 241 g/mol. The zero-order valence-electron chi connectivity index (χ0n) is 9.98. The van der Waals surface area contributed by atoms with Gasteiger partial charge in [0.1, 0.15) is 28.9 Å². The van der Waals surface area contributed by atoms with Gasteiger partial charge in [0.25, 0.3) is 0 Å². The average Bonchev–Trinajstić information content (AvgIpc) is 2.40. The summed E-state index contributed by atoms with van der Waals surface area (Å²) in [6.45, 7) is 2.07. The van der Waals surface area contributed by atoms with Crippen LogP contribution in [0.15, 0.2) is 42.5 Å². The Hall–Kier alpha value is -2.34. The molecule has 3 heteroatoms. The Morgan fingerprint density at radius 3 is 2.50 bits per heavy atom. The lowest BCUT2D eigenvalue weighted by molar-refractivity contribution is 0.474. The topological polar surface area (TPSA) is 33.0 Å². The van der Waals surface area contributed by atoms with Crippen molar-refractivity contribution in [3.8, 4) is 17.6 Å². The molecule has 2 rings (SSSR count). The van der Waals surface area contributed by atoms with Crippen LogP contribution in [0.1, 0.15) is 18.1 Å². The molecular weight excluding hydrogens is 229 g/mol. The van der Waals surface area contributed by atoms with E-state index in [2.05, 4.69) is 6.92 Å². The van der Waals surface area contributed by atoms with Crippen molar-refractivity contribution in [1.82, 2.24) is 0 Å². The molecule has 0 fully saturated rings. The van der Waals surface area contributed by atoms with Crippen LogP contribution in [0.2, 0.25) is 0 Å². The van der Waals surface area contributed by atoms with Gasteiger partial charge in [0, 0.05) is 0 Å². The molecule has 18 heavy (non-hydrogen) atoms. The molecule has 0 bridgehead atoms. The summed E-state index contributed by atoms with van der Waals surface area (Å²) in [6.07, 6.45) is 0.948. The van der Waals surface area contributed by atoms with Gasteiger partial charge in [0.2, 0.25) is 0 Å². The highest BCUT2D eigenvalue weighted by Gasteiger charge is 2.09. The minimum atomic E-state index is -0.569. The number of hydrogen-bond donors (Lipinski definition) is 0. The van der Waals surface area contributed by atoms with Crippen molar-refractivity contribution in [2.75, 3.05) is 0 Å². The summed E-state index contributed by atoms with van der Waals surface area (Å²) in [5.74, 6) is 0.260. The summed E-state index contributed by atoms with van der Waals surface area (Å²) in [4.78, 5) is 0. The maximum Gasteiger partial charge on any atom is 0.148 e. The van der Waals surface area contributed by atoms with E-state index in [1.54, 1.807) is 12.1 Å². The summed E-state index contributed by atoms with van der Waals surface area (Å²) in [5, 5.41) is 8.89. The first-order chi connectivity index (χ1) is 8.74. The third-order valence-electron chi connectivity index (χ3n) is 2.65. The van der Waals surface area contributed by atoms with Crippen molar-refractivity contribution in [2.24, 2.45) is 0 Å². The lowest BCUT2D eigenvalue weighted by atomic mass is 10.1. The van der Waals surface area contributed by atoms with Crippen molar-refractivity contribution in [1.29, 1.82) is 5.26 Å². The fraction of sp³-hybridized carbons (Fsp3) is 0.133. The van der Waals surface area contributed by atoms with Crippen LogP contribution >= 0.6 is 0 Å². The van der Waals surface area contributed by atoms with E-state index < -0.39 is 5.82 Å². The lowest BCUT2D eigenvalue weighted by Gasteiger charge is -2.08. The molecule has 2 aromatic carbocycles. The Morgan fingerprint density at radius 1 is 1.17 bits per heavy atom. The Kier molecular flexibility index (Phi) is 3.59. The summed E-state index contributed by atoms with van der Waals surface area (Å²) in [7, 11) is 0. The number of benzene rings is 2. The predicted octanol–water partition coefficient (Wildman–Crippen LogP) is 4.05. The van der Waals surface area contributed by atoms with E-state index in [1.807, 2.05) is 24.3 Å². The van der Waals surface area contributed by atoms with Gasteiger partial charge in [-0.3, -0.25) is 0 Å². The minimum absolute atomic E-state index is 0.0722. The highest BCUT2D eigenvalue weighted by molar-refractivity contribution is 5.46. The van der Waals surface area contributed by atoms with Crippen molar-refractivity contribution < 1.29 is 9.13 Å². The van der Waals surface area contributed by atoms with E-state index in [-0.39, 0.29) is 11.3 Å². The molecule has 0 heterocycles. The van der Waals surface area contributed by atoms with E-state index in [0.29, 0.717) is 5.75 Å². The molecule has 2 nitrogen and oxygen atoms in total. The first kappa shape index (κ1) is 12.1. The van der Waals surface area contributed by atoms with Gasteiger partial charge in [-0.25, -0.2) is 4.39 Å². The quantitative estimate of drug-likeness (QED) is 0.812. The number of halogens is 1. The smallest absolute Gasteiger partial charge is 0.148 e. The molecule has 90 valence electrons. The molecule has 0 aliphatic rings. The van der Waals surface area contributed by atoms with Crippen LogP contribution in [-0.2, 0) is 6.42 Å². The first-order valence-corrected chi connectivity index (χ1v) is 5.70. The van der Waals surface area contributed by atoms with Crippen molar-refractivity contribution in [3.63, 3.8) is 0 Å².